The van der Waals surface area contributed by atoms with Crippen LogP contribution in [0.1, 0.15) is 32.4 Å². The van der Waals surface area contributed by atoms with Gasteiger partial charge in [0.15, 0.2) is 0 Å². The Morgan fingerprint density at radius 3 is 2.63 bits per heavy atom. The minimum absolute atomic E-state index is 0.0164. The van der Waals surface area contributed by atoms with Gasteiger partial charge in [0.1, 0.15) is 11.4 Å². The maximum atomic E-state index is 11.7. The average Bonchev–Trinajstić information content (AvgIpc) is 2.28. The Kier molecular flexibility index (Phi) is 4.74. The van der Waals surface area contributed by atoms with Gasteiger partial charge in [0.05, 0.1) is 11.8 Å². The van der Waals surface area contributed by atoms with Gasteiger partial charge in [-0.1, -0.05) is 0 Å². The molecule has 5 N–H and O–H groups in total. The van der Waals surface area contributed by atoms with Crippen LogP contribution in [0.2, 0.25) is 0 Å². The minimum Gasteiger partial charge on any atom is -0.508 e. The second-order valence-electron chi connectivity index (χ2n) is 5.15. The molecular formula is C13H20N2O4. The van der Waals surface area contributed by atoms with E-state index in [4.69, 9.17) is 10.5 Å². The number of carbonyl (C=O) groups is 1. The number of benzene rings is 1. The molecule has 0 saturated carbocycles. The highest BCUT2D eigenvalue weighted by molar-refractivity contribution is 5.86. The topological polar surface area (TPSA) is 105 Å². The number of aromatic hydroxyl groups is 1. The lowest BCUT2D eigenvalue weighted by atomic mass is 10.1. The summed E-state index contributed by atoms with van der Waals surface area (Å²) < 4.78 is 5.11. The van der Waals surface area contributed by atoms with Crippen LogP contribution in [0.5, 0.6) is 5.75 Å². The van der Waals surface area contributed by atoms with Crippen LogP contribution in [0.4, 0.5) is 10.5 Å². The largest absolute Gasteiger partial charge is 0.508 e. The summed E-state index contributed by atoms with van der Waals surface area (Å²) in [6, 6.07) is 4.23. The first-order valence-corrected chi connectivity index (χ1v) is 5.94. The molecule has 1 aromatic carbocycles. The average molecular weight is 268 g/mol. The van der Waals surface area contributed by atoms with Crippen LogP contribution >= 0.6 is 0 Å². The summed E-state index contributed by atoms with van der Waals surface area (Å²) in [4.78, 5) is 11.7. The Balaban J connectivity index is 2.91. The third-order valence-electron chi connectivity index (χ3n) is 2.25. The highest BCUT2D eigenvalue weighted by Gasteiger charge is 2.19. The Morgan fingerprint density at radius 2 is 2.11 bits per heavy atom. The number of amides is 1. The van der Waals surface area contributed by atoms with Gasteiger partial charge in [0.2, 0.25) is 0 Å². The van der Waals surface area contributed by atoms with Crippen LogP contribution in [0, 0.1) is 0 Å². The van der Waals surface area contributed by atoms with Crippen molar-refractivity contribution in [3.05, 3.63) is 23.8 Å². The first kappa shape index (κ1) is 15.3. The lowest BCUT2D eigenvalue weighted by Crippen LogP contribution is -2.28. The van der Waals surface area contributed by atoms with Gasteiger partial charge in [0.25, 0.3) is 0 Å². The van der Waals surface area contributed by atoms with Crippen molar-refractivity contribution in [1.29, 1.82) is 0 Å². The number of phenols is 1. The van der Waals surface area contributed by atoms with E-state index in [0.29, 0.717) is 11.3 Å². The molecule has 6 heteroatoms. The number of aliphatic hydroxyl groups excluding tert-OH is 1. The number of rotatable bonds is 3. The molecule has 0 saturated heterocycles. The summed E-state index contributed by atoms with van der Waals surface area (Å²) in [5.41, 5.74) is 5.46. The molecule has 0 aromatic heterocycles. The molecule has 0 aliphatic heterocycles. The molecule has 0 radical (unpaired) electrons. The first-order valence-electron chi connectivity index (χ1n) is 5.94. The minimum atomic E-state index is -0.975. The smallest absolute Gasteiger partial charge is 0.412 e. The van der Waals surface area contributed by atoms with Gasteiger partial charge in [0, 0.05) is 12.1 Å². The number of aliphatic hydroxyl groups is 1. The molecule has 1 aromatic rings. The molecule has 1 rings (SSSR count). The van der Waals surface area contributed by atoms with Crippen molar-refractivity contribution in [3.8, 4) is 5.75 Å². The van der Waals surface area contributed by atoms with Crippen molar-refractivity contribution in [2.75, 3.05) is 11.9 Å². The molecule has 1 amide bonds. The Morgan fingerprint density at radius 1 is 1.47 bits per heavy atom. The number of nitrogens with one attached hydrogen (secondary N) is 1. The van der Waals surface area contributed by atoms with E-state index in [1.165, 1.54) is 18.2 Å². The molecule has 0 aliphatic rings. The molecule has 0 unspecified atom stereocenters. The van der Waals surface area contributed by atoms with Crippen LogP contribution in [0.15, 0.2) is 18.2 Å². The van der Waals surface area contributed by atoms with E-state index in [-0.39, 0.29) is 12.3 Å². The van der Waals surface area contributed by atoms with E-state index in [1.807, 2.05) is 0 Å². The lowest BCUT2D eigenvalue weighted by molar-refractivity contribution is 0.0635. The molecule has 106 valence electrons. The van der Waals surface area contributed by atoms with Crippen LogP contribution in [-0.4, -0.2) is 28.5 Å². The quantitative estimate of drug-likeness (QED) is 0.625. The fourth-order valence-corrected chi connectivity index (χ4v) is 1.48. The van der Waals surface area contributed by atoms with Gasteiger partial charge in [-0.25, -0.2) is 4.79 Å². The Hall–Kier alpha value is -1.79. The molecule has 6 nitrogen and oxygen atoms in total. The highest BCUT2D eigenvalue weighted by atomic mass is 16.6. The molecule has 0 fully saturated rings. The number of hydrogen-bond donors (Lipinski definition) is 4. The maximum absolute atomic E-state index is 11.7. The summed E-state index contributed by atoms with van der Waals surface area (Å²) in [6.07, 6.45) is -1.61. The van der Waals surface area contributed by atoms with Gasteiger partial charge in [-0.2, -0.15) is 0 Å². The summed E-state index contributed by atoms with van der Waals surface area (Å²) in [7, 11) is 0. The van der Waals surface area contributed by atoms with Gasteiger partial charge < -0.3 is 20.7 Å². The SMILES string of the molecule is CC(C)(C)OC(=O)Nc1ccc(O)cc1[C@@H](O)CN. The first-order chi connectivity index (χ1) is 8.73. The predicted molar refractivity (Wildman–Crippen MR) is 72.0 cm³/mol. The number of phenolic OH excluding ortho intramolecular Hbond substituents is 1. The highest BCUT2D eigenvalue weighted by Crippen LogP contribution is 2.27. The fraction of sp³-hybridized carbons (Fsp3) is 0.462. The zero-order valence-electron chi connectivity index (χ0n) is 11.3. The van der Waals surface area contributed by atoms with Crippen molar-refractivity contribution in [1.82, 2.24) is 0 Å². The summed E-state index contributed by atoms with van der Waals surface area (Å²) in [5, 5.41) is 21.7. The van der Waals surface area contributed by atoms with Gasteiger partial charge >= 0.3 is 6.09 Å². The third-order valence-corrected chi connectivity index (χ3v) is 2.25. The molecule has 0 aliphatic carbocycles. The van der Waals surface area contributed by atoms with Crippen LogP contribution in [0.25, 0.3) is 0 Å². The van der Waals surface area contributed by atoms with E-state index < -0.39 is 17.8 Å². The zero-order chi connectivity index (χ0) is 14.6. The van der Waals surface area contributed by atoms with Crippen LogP contribution in [-0.2, 0) is 4.74 Å². The Labute approximate surface area is 112 Å². The third kappa shape index (κ3) is 4.76. The summed E-state index contributed by atoms with van der Waals surface area (Å²) in [6.45, 7) is 5.23. The molecular weight excluding hydrogens is 248 g/mol. The second-order valence-corrected chi connectivity index (χ2v) is 5.15. The molecule has 19 heavy (non-hydrogen) atoms. The normalized spacial score (nSPS) is 12.9. The fourth-order valence-electron chi connectivity index (χ4n) is 1.48. The van der Waals surface area contributed by atoms with Crippen molar-refractivity contribution in [3.63, 3.8) is 0 Å². The monoisotopic (exact) mass is 268 g/mol. The number of hydrogen-bond acceptors (Lipinski definition) is 5. The van der Waals surface area contributed by atoms with E-state index >= 15 is 0 Å². The van der Waals surface area contributed by atoms with E-state index in [0.717, 1.165) is 0 Å². The maximum Gasteiger partial charge on any atom is 0.412 e. The predicted octanol–water partition coefficient (Wildman–Crippen LogP) is 1.73. The zero-order valence-corrected chi connectivity index (χ0v) is 11.3. The molecule has 0 bridgehead atoms. The van der Waals surface area contributed by atoms with Gasteiger partial charge in [-0.05, 0) is 39.0 Å². The van der Waals surface area contributed by atoms with Gasteiger partial charge in [-0.15, -0.1) is 0 Å². The molecule has 1 atom stereocenters. The van der Waals surface area contributed by atoms with Crippen LogP contribution < -0.4 is 11.1 Å². The number of carbonyl (C=O) groups excluding carboxylic acids is 1. The van der Waals surface area contributed by atoms with E-state index in [9.17, 15) is 15.0 Å². The van der Waals surface area contributed by atoms with Crippen LogP contribution in [0.3, 0.4) is 0 Å². The van der Waals surface area contributed by atoms with Crippen molar-refractivity contribution >= 4 is 11.8 Å². The lowest BCUT2D eigenvalue weighted by Gasteiger charge is -2.21. The number of anilines is 1. The summed E-state index contributed by atoms with van der Waals surface area (Å²) in [5.74, 6) is -0.0164. The molecule has 0 heterocycles. The Bertz CT molecular complexity index is 454. The number of ether oxygens (including phenoxy) is 1. The van der Waals surface area contributed by atoms with Crippen molar-refractivity contribution in [2.45, 2.75) is 32.5 Å². The molecule has 0 spiro atoms. The number of nitrogens with two attached hydrogens (primary N) is 1. The summed E-state index contributed by atoms with van der Waals surface area (Å²) >= 11 is 0. The van der Waals surface area contributed by atoms with E-state index in [1.54, 1.807) is 20.8 Å². The van der Waals surface area contributed by atoms with Gasteiger partial charge in [-0.3, -0.25) is 5.32 Å². The van der Waals surface area contributed by atoms with Crippen molar-refractivity contribution < 1.29 is 19.7 Å². The standard InChI is InChI=1S/C13H20N2O4/c1-13(2,3)19-12(18)15-10-5-4-8(16)6-9(10)11(17)7-14/h4-6,11,16-17H,7,14H2,1-3H3,(H,15,18)/t11-/m0/s1. The van der Waals surface area contributed by atoms with Crippen molar-refractivity contribution in [2.24, 2.45) is 5.73 Å². The second kappa shape index (κ2) is 5.90. The van der Waals surface area contributed by atoms with E-state index in [2.05, 4.69) is 5.32 Å².